The van der Waals surface area contributed by atoms with Crippen LogP contribution in [0.4, 0.5) is 0 Å². The smallest absolute Gasteiger partial charge is 0.347 e. The van der Waals surface area contributed by atoms with Gasteiger partial charge in [0.15, 0.2) is 0 Å². The first-order valence-electron chi connectivity index (χ1n) is 9.51. The van der Waals surface area contributed by atoms with Crippen LogP contribution in [0.3, 0.4) is 0 Å². The van der Waals surface area contributed by atoms with Gasteiger partial charge in [0.05, 0.1) is 31.1 Å². The Morgan fingerprint density at radius 1 is 0.778 bits per heavy atom. The summed E-state index contributed by atoms with van der Waals surface area (Å²) in [6.45, 7) is 0. The van der Waals surface area contributed by atoms with Crippen LogP contribution < -0.4 is 0 Å². The monoisotopic (exact) mass is 508 g/mol. The zero-order valence-corrected chi connectivity index (χ0v) is 18.1. The van der Waals surface area contributed by atoms with Crippen molar-refractivity contribution in [2.45, 2.75) is 32.5 Å². The van der Waals surface area contributed by atoms with E-state index in [2.05, 4.69) is 19.4 Å². The predicted octanol–water partition coefficient (Wildman–Crippen LogP) is 1.06. The van der Waals surface area contributed by atoms with Crippen LogP contribution in [0.15, 0.2) is 49.1 Å². The minimum Gasteiger partial charge on any atom is -0.481 e. The summed E-state index contributed by atoms with van der Waals surface area (Å²) in [7, 11) is 1.08. The maximum absolute atomic E-state index is 11.6. The van der Waals surface area contributed by atoms with Crippen molar-refractivity contribution in [1.29, 1.82) is 0 Å². The molecule has 3 N–H and O–H groups in total. The van der Waals surface area contributed by atoms with E-state index >= 15 is 0 Å². The third-order valence-corrected chi connectivity index (χ3v) is 3.75. The zero-order valence-electron chi connectivity index (χ0n) is 18.1. The molecule has 2 atom stereocenters. The van der Waals surface area contributed by atoms with Crippen molar-refractivity contribution in [1.82, 2.24) is 9.97 Å². The average Bonchev–Trinajstić information content (AvgIpc) is 2.83. The molecular formula is C22H24N2O12. The maximum Gasteiger partial charge on any atom is 0.347 e. The van der Waals surface area contributed by atoms with Crippen LogP contribution >= 0.6 is 0 Å². The van der Waals surface area contributed by atoms with Gasteiger partial charge in [-0.05, 0) is 24.3 Å². The second-order valence-corrected chi connectivity index (χ2v) is 6.33. The van der Waals surface area contributed by atoms with Crippen molar-refractivity contribution in [2.24, 2.45) is 0 Å². The number of aromatic nitrogens is 2. The Kier molecular flexibility index (Phi) is 13.7. The number of esters is 3. The molecule has 2 heterocycles. The highest BCUT2D eigenvalue weighted by molar-refractivity contribution is 5.92. The molecule has 2 rings (SSSR count). The molecule has 2 unspecified atom stereocenters. The molecule has 0 aromatic carbocycles. The summed E-state index contributed by atoms with van der Waals surface area (Å²) in [6.07, 6.45) is 0.717. The van der Waals surface area contributed by atoms with Gasteiger partial charge in [-0.15, -0.1) is 0 Å². The summed E-state index contributed by atoms with van der Waals surface area (Å²) in [5.74, 6) is -6.83. The van der Waals surface area contributed by atoms with Gasteiger partial charge in [0.1, 0.15) is 0 Å². The van der Waals surface area contributed by atoms with Crippen LogP contribution in [0.25, 0.3) is 0 Å². The minimum absolute atomic E-state index is 0. The van der Waals surface area contributed by atoms with Crippen molar-refractivity contribution >= 4 is 35.8 Å². The first-order chi connectivity index (χ1) is 16.5. The molecule has 0 aliphatic rings. The quantitative estimate of drug-likeness (QED) is 0.302. The number of hydrogen-bond acceptors (Lipinski definition) is 11. The molecular weight excluding hydrogens is 484 g/mol. The van der Waals surface area contributed by atoms with Crippen LogP contribution in [0.2, 0.25) is 0 Å². The number of carbonyl (C=O) groups excluding carboxylic acids is 3. The minimum atomic E-state index is -1.71. The fourth-order valence-corrected chi connectivity index (χ4v) is 2.16. The first kappa shape index (κ1) is 31.1. The summed E-state index contributed by atoms with van der Waals surface area (Å²) in [6, 6.07) is 5.81. The third-order valence-electron chi connectivity index (χ3n) is 3.75. The second-order valence-electron chi connectivity index (χ2n) is 6.33. The van der Waals surface area contributed by atoms with Crippen LogP contribution in [0.1, 0.15) is 41.0 Å². The molecule has 0 aliphatic carbocycles. The van der Waals surface area contributed by atoms with E-state index < -0.39 is 60.9 Å². The molecule has 36 heavy (non-hydrogen) atoms. The predicted molar refractivity (Wildman–Crippen MR) is 118 cm³/mol. The van der Waals surface area contributed by atoms with Crippen molar-refractivity contribution in [3.63, 3.8) is 0 Å². The van der Waals surface area contributed by atoms with Crippen molar-refractivity contribution in [3.05, 3.63) is 60.2 Å². The highest BCUT2D eigenvalue weighted by Gasteiger charge is 2.27. The fraction of sp³-hybridized carbons (Fsp3) is 0.273. The molecule has 0 radical (unpaired) electrons. The lowest BCUT2D eigenvalue weighted by Gasteiger charge is -2.13. The number of carbonyl (C=O) groups is 6. The third kappa shape index (κ3) is 11.3. The molecule has 0 aliphatic heterocycles. The first-order valence-corrected chi connectivity index (χ1v) is 9.51. The Morgan fingerprint density at radius 2 is 1.19 bits per heavy atom. The molecule has 14 nitrogen and oxygen atoms in total. The Bertz CT molecular complexity index is 1040. The summed E-state index contributed by atoms with van der Waals surface area (Å²) >= 11 is 0. The number of hydrogen-bond donors (Lipinski definition) is 3. The van der Waals surface area contributed by atoms with E-state index in [1.165, 1.54) is 49.1 Å². The number of methoxy groups -OCH3 is 1. The molecule has 194 valence electrons. The molecule has 0 bridgehead atoms. The fourth-order valence-electron chi connectivity index (χ4n) is 2.16. The highest BCUT2D eigenvalue weighted by atomic mass is 16.6. The zero-order chi connectivity index (χ0) is 26.4. The number of ether oxygens (including phenoxy) is 3. The van der Waals surface area contributed by atoms with E-state index in [0.29, 0.717) is 0 Å². The number of aliphatic carboxylic acids is 3. The lowest BCUT2D eigenvalue weighted by molar-refractivity contribution is -0.156. The van der Waals surface area contributed by atoms with E-state index in [0.717, 1.165) is 7.11 Å². The van der Waals surface area contributed by atoms with Gasteiger partial charge < -0.3 is 29.5 Å². The summed E-state index contributed by atoms with van der Waals surface area (Å²) < 4.78 is 13.7. The summed E-state index contributed by atoms with van der Waals surface area (Å²) in [5.41, 5.74) is 0.181. The van der Waals surface area contributed by atoms with Crippen LogP contribution in [0.5, 0.6) is 0 Å². The number of carboxylic acids is 3. The number of carboxylic acid groups (broad SMARTS) is 3. The SMILES string of the molecule is C.COC(=O)C(CC(=O)O)OC(=O)c1cccnc1.O=C(O)CC(OC(=O)c1cccnc1)C(=O)O. The van der Waals surface area contributed by atoms with Crippen molar-refractivity contribution < 1.29 is 58.3 Å². The Balaban J connectivity index is 0.000000663. The van der Waals surface area contributed by atoms with Gasteiger partial charge in [-0.2, -0.15) is 0 Å². The van der Waals surface area contributed by atoms with Gasteiger partial charge in [-0.25, -0.2) is 19.2 Å². The Hall–Kier alpha value is -4.88. The molecule has 0 amide bonds. The lowest BCUT2D eigenvalue weighted by Crippen LogP contribution is -2.30. The van der Waals surface area contributed by atoms with E-state index in [1.54, 1.807) is 0 Å². The lowest BCUT2D eigenvalue weighted by atomic mass is 10.2. The molecule has 0 saturated heterocycles. The van der Waals surface area contributed by atoms with Crippen LogP contribution in [-0.2, 0) is 33.4 Å². The van der Waals surface area contributed by atoms with E-state index in [-0.39, 0.29) is 18.6 Å². The van der Waals surface area contributed by atoms with Gasteiger partial charge in [-0.3, -0.25) is 19.6 Å². The number of pyridine rings is 2. The van der Waals surface area contributed by atoms with Crippen LogP contribution in [-0.4, -0.2) is 80.4 Å². The standard InChI is InChI=1S/C11H11NO6.C10H9NO6.CH4/c1-17-11(16)8(5-9(13)14)18-10(15)7-3-2-4-12-6-7;12-8(13)4-7(9(14)15)17-10(16)6-2-1-3-11-5-6;/h2-4,6,8H,5H2,1H3,(H,13,14);1-3,5,7H,4H2,(H,12,13)(H,14,15);1H4. The molecule has 0 spiro atoms. The molecule has 2 aromatic heterocycles. The van der Waals surface area contributed by atoms with Gasteiger partial charge in [-0.1, -0.05) is 7.43 Å². The Labute approximate surface area is 204 Å². The summed E-state index contributed by atoms with van der Waals surface area (Å²) in [4.78, 5) is 73.2. The molecule has 0 fully saturated rings. The number of nitrogens with zero attached hydrogens (tertiary/aromatic N) is 2. The summed E-state index contributed by atoms with van der Waals surface area (Å²) in [5, 5.41) is 25.7. The van der Waals surface area contributed by atoms with Crippen molar-refractivity contribution in [2.75, 3.05) is 7.11 Å². The second kappa shape index (κ2) is 15.9. The topological polar surface area (TPSA) is 217 Å². The molecule has 14 heteroatoms. The molecule has 0 saturated carbocycles. The van der Waals surface area contributed by atoms with Gasteiger partial charge in [0.25, 0.3) is 0 Å². The maximum atomic E-state index is 11.6. The number of rotatable bonds is 10. The van der Waals surface area contributed by atoms with Gasteiger partial charge >= 0.3 is 35.8 Å². The van der Waals surface area contributed by atoms with Gasteiger partial charge in [0, 0.05) is 24.8 Å². The average molecular weight is 508 g/mol. The van der Waals surface area contributed by atoms with Gasteiger partial charge in [0.2, 0.25) is 12.2 Å². The van der Waals surface area contributed by atoms with E-state index in [1.807, 2.05) is 0 Å². The van der Waals surface area contributed by atoms with E-state index in [4.69, 9.17) is 20.1 Å². The normalized spacial score (nSPS) is 11.1. The van der Waals surface area contributed by atoms with Crippen LogP contribution in [0, 0.1) is 0 Å². The molecule has 2 aromatic rings. The largest absolute Gasteiger partial charge is 0.481 e. The highest BCUT2D eigenvalue weighted by Crippen LogP contribution is 2.08. The van der Waals surface area contributed by atoms with E-state index in [9.17, 15) is 28.8 Å². The van der Waals surface area contributed by atoms with Crippen molar-refractivity contribution in [3.8, 4) is 0 Å². The Morgan fingerprint density at radius 3 is 1.53 bits per heavy atom.